The summed E-state index contributed by atoms with van der Waals surface area (Å²) in [7, 11) is 0. The highest BCUT2D eigenvalue weighted by molar-refractivity contribution is 5.78. The summed E-state index contributed by atoms with van der Waals surface area (Å²) in [6, 6.07) is -0.175. The van der Waals surface area contributed by atoms with Crippen molar-refractivity contribution < 1.29 is 14.6 Å². The molecule has 4 heteroatoms. The summed E-state index contributed by atoms with van der Waals surface area (Å²) < 4.78 is 5.26. The summed E-state index contributed by atoms with van der Waals surface area (Å²) in [4.78, 5) is 14.5. The van der Waals surface area contributed by atoms with Gasteiger partial charge < -0.3 is 9.84 Å². The summed E-state index contributed by atoms with van der Waals surface area (Å²) in [6.07, 6.45) is 0.873. The molecule has 0 aromatic heterocycles. The van der Waals surface area contributed by atoms with Crippen LogP contribution in [0.2, 0.25) is 0 Å². The highest BCUT2D eigenvalue weighted by atomic mass is 16.5. The summed E-state index contributed by atoms with van der Waals surface area (Å²) in [5.41, 5.74) is 0. The van der Waals surface area contributed by atoms with Gasteiger partial charge in [0.15, 0.2) is 5.90 Å². The lowest BCUT2D eigenvalue weighted by molar-refractivity contribution is -0.137. The Morgan fingerprint density at radius 2 is 2.46 bits per heavy atom. The molecule has 1 atom stereocenters. The fraction of sp³-hybridized carbons (Fsp3) is 0.778. The van der Waals surface area contributed by atoms with Crippen LogP contribution in [0, 0.1) is 5.92 Å². The fourth-order valence-electron chi connectivity index (χ4n) is 1.24. The second-order valence-electron chi connectivity index (χ2n) is 3.68. The van der Waals surface area contributed by atoms with E-state index in [9.17, 15) is 4.79 Å². The van der Waals surface area contributed by atoms with E-state index in [2.05, 4.69) is 18.8 Å². The Morgan fingerprint density at radius 1 is 1.77 bits per heavy atom. The van der Waals surface area contributed by atoms with Gasteiger partial charge in [-0.05, 0) is 5.92 Å². The SMILES string of the molecule is CC(C)CC1=NC(CC(=O)O)CO1. The molecule has 0 fully saturated rings. The van der Waals surface area contributed by atoms with E-state index in [1.165, 1.54) is 0 Å². The van der Waals surface area contributed by atoms with Crippen molar-refractivity contribution in [1.29, 1.82) is 0 Å². The lowest BCUT2D eigenvalue weighted by atomic mass is 10.1. The number of aliphatic imine (C=N–C) groups is 1. The quantitative estimate of drug-likeness (QED) is 0.718. The number of carbonyl (C=O) groups is 1. The van der Waals surface area contributed by atoms with Crippen LogP contribution in [0.5, 0.6) is 0 Å². The molecule has 0 aromatic carbocycles. The molecular formula is C9H15NO3. The Morgan fingerprint density at radius 3 is 3.00 bits per heavy atom. The average molecular weight is 185 g/mol. The molecule has 0 aromatic rings. The summed E-state index contributed by atoms with van der Waals surface area (Å²) in [5, 5.41) is 8.52. The van der Waals surface area contributed by atoms with E-state index < -0.39 is 5.97 Å². The molecule has 0 saturated heterocycles. The van der Waals surface area contributed by atoms with Gasteiger partial charge in [-0.15, -0.1) is 0 Å². The first-order valence-electron chi connectivity index (χ1n) is 4.49. The van der Waals surface area contributed by atoms with Crippen LogP contribution in [0.3, 0.4) is 0 Å². The van der Waals surface area contributed by atoms with E-state index >= 15 is 0 Å². The van der Waals surface area contributed by atoms with Crippen LogP contribution < -0.4 is 0 Å². The number of rotatable bonds is 4. The van der Waals surface area contributed by atoms with Crippen LogP contribution in [0.25, 0.3) is 0 Å². The zero-order chi connectivity index (χ0) is 9.84. The number of hydrogen-bond acceptors (Lipinski definition) is 3. The second-order valence-corrected chi connectivity index (χ2v) is 3.68. The molecule has 0 bridgehead atoms. The average Bonchev–Trinajstić information content (AvgIpc) is 2.33. The summed E-state index contributed by atoms with van der Waals surface area (Å²) in [5.74, 6) is 0.395. The minimum absolute atomic E-state index is 0.0710. The van der Waals surface area contributed by atoms with Gasteiger partial charge in [-0.3, -0.25) is 4.79 Å². The van der Waals surface area contributed by atoms with Gasteiger partial charge in [-0.2, -0.15) is 0 Å². The van der Waals surface area contributed by atoms with Crippen molar-refractivity contribution in [2.75, 3.05) is 6.61 Å². The van der Waals surface area contributed by atoms with Gasteiger partial charge in [-0.25, -0.2) is 4.99 Å². The van der Waals surface area contributed by atoms with Crippen molar-refractivity contribution in [2.24, 2.45) is 10.9 Å². The van der Waals surface area contributed by atoms with Crippen molar-refractivity contribution in [3.63, 3.8) is 0 Å². The van der Waals surface area contributed by atoms with Crippen LogP contribution in [0.4, 0.5) is 0 Å². The topological polar surface area (TPSA) is 58.9 Å². The highest BCUT2D eigenvalue weighted by Crippen LogP contribution is 2.13. The molecule has 0 aliphatic carbocycles. The van der Waals surface area contributed by atoms with E-state index in [1.807, 2.05) is 0 Å². The summed E-state index contributed by atoms with van der Waals surface area (Å²) in [6.45, 7) is 4.58. The monoisotopic (exact) mass is 185 g/mol. The Labute approximate surface area is 77.6 Å². The van der Waals surface area contributed by atoms with Gasteiger partial charge in [-0.1, -0.05) is 13.8 Å². The molecule has 1 heterocycles. The van der Waals surface area contributed by atoms with E-state index in [-0.39, 0.29) is 12.5 Å². The largest absolute Gasteiger partial charge is 0.481 e. The molecule has 1 N–H and O–H groups in total. The number of nitrogens with zero attached hydrogens (tertiary/aromatic N) is 1. The lowest BCUT2D eigenvalue weighted by Crippen LogP contribution is -2.12. The number of carboxylic acid groups (broad SMARTS) is 1. The number of aliphatic carboxylic acids is 1. The molecule has 0 amide bonds. The first kappa shape index (κ1) is 10.0. The van der Waals surface area contributed by atoms with Crippen LogP contribution in [-0.4, -0.2) is 29.6 Å². The first-order chi connectivity index (χ1) is 6.08. The van der Waals surface area contributed by atoms with Gasteiger partial charge in [0, 0.05) is 6.42 Å². The third kappa shape index (κ3) is 3.44. The molecule has 74 valence electrons. The van der Waals surface area contributed by atoms with Crippen LogP contribution in [0.1, 0.15) is 26.7 Å². The van der Waals surface area contributed by atoms with Crippen molar-refractivity contribution >= 4 is 11.9 Å². The fourth-order valence-corrected chi connectivity index (χ4v) is 1.24. The van der Waals surface area contributed by atoms with E-state index in [1.54, 1.807) is 0 Å². The first-order valence-corrected chi connectivity index (χ1v) is 4.49. The van der Waals surface area contributed by atoms with Crippen molar-refractivity contribution in [3.05, 3.63) is 0 Å². The third-order valence-corrected chi connectivity index (χ3v) is 1.76. The molecule has 1 unspecified atom stereocenters. The molecule has 0 spiro atoms. The maximum atomic E-state index is 10.4. The molecule has 1 rings (SSSR count). The standard InChI is InChI=1S/C9H15NO3/c1-6(2)3-8-10-7(5-13-8)4-9(11)12/h6-7H,3-5H2,1-2H3,(H,11,12). The molecule has 4 nitrogen and oxygen atoms in total. The molecule has 1 aliphatic heterocycles. The molecule has 0 saturated carbocycles. The third-order valence-electron chi connectivity index (χ3n) is 1.76. The van der Waals surface area contributed by atoms with Crippen LogP contribution in [0.15, 0.2) is 4.99 Å². The van der Waals surface area contributed by atoms with Gasteiger partial charge >= 0.3 is 5.97 Å². The molecule has 0 radical (unpaired) electrons. The number of carboxylic acids is 1. The zero-order valence-electron chi connectivity index (χ0n) is 7.99. The van der Waals surface area contributed by atoms with E-state index in [4.69, 9.17) is 9.84 Å². The van der Waals surface area contributed by atoms with Crippen molar-refractivity contribution in [1.82, 2.24) is 0 Å². The molecular weight excluding hydrogens is 170 g/mol. The zero-order valence-corrected chi connectivity index (χ0v) is 7.99. The lowest BCUT2D eigenvalue weighted by Gasteiger charge is -2.02. The van der Waals surface area contributed by atoms with Gasteiger partial charge in [0.05, 0.1) is 12.5 Å². The van der Waals surface area contributed by atoms with Crippen molar-refractivity contribution in [3.8, 4) is 0 Å². The van der Waals surface area contributed by atoms with Crippen molar-refractivity contribution in [2.45, 2.75) is 32.7 Å². The maximum Gasteiger partial charge on any atom is 0.305 e. The van der Waals surface area contributed by atoms with Crippen LogP contribution in [-0.2, 0) is 9.53 Å². The number of hydrogen-bond donors (Lipinski definition) is 1. The van der Waals surface area contributed by atoms with Gasteiger partial charge in [0.25, 0.3) is 0 Å². The Balaban J connectivity index is 2.39. The Hall–Kier alpha value is -1.06. The second kappa shape index (κ2) is 4.25. The molecule has 1 aliphatic rings. The normalized spacial score (nSPS) is 21.5. The highest BCUT2D eigenvalue weighted by Gasteiger charge is 2.21. The maximum absolute atomic E-state index is 10.4. The minimum atomic E-state index is -0.817. The van der Waals surface area contributed by atoms with E-state index in [0.29, 0.717) is 18.4 Å². The predicted molar refractivity (Wildman–Crippen MR) is 48.9 cm³/mol. The van der Waals surface area contributed by atoms with E-state index in [0.717, 1.165) is 6.42 Å². The summed E-state index contributed by atoms with van der Waals surface area (Å²) >= 11 is 0. The van der Waals surface area contributed by atoms with Gasteiger partial charge in [0.1, 0.15) is 6.61 Å². The predicted octanol–water partition coefficient (Wildman–Crippen LogP) is 1.30. The minimum Gasteiger partial charge on any atom is -0.481 e. The number of ether oxygens (including phenoxy) is 1. The van der Waals surface area contributed by atoms with Crippen LogP contribution >= 0.6 is 0 Å². The Bertz CT molecular complexity index is 223. The molecule has 13 heavy (non-hydrogen) atoms. The Kier molecular flexibility index (Phi) is 3.28. The smallest absolute Gasteiger partial charge is 0.305 e. The van der Waals surface area contributed by atoms with Gasteiger partial charge in [0.2, 0.25) is 0 Å².